The molecule has 0 heterocycles. The van der Waals surface area contributed by atoms with Gasteiger partial charge in [0.05, 0.1) is 0 Å². The lowest BCUT2D eigenvalue weighted by Crippen LogP contribution is -1.71. The molecule has 0 atom stereocenters. The molecule has 1 aromatic carbocycles. The lowest BCUT2D eigenvalue weighted by molar-refractivity contribution is 0.627. The van der Waals surface area contributed by atoms with Crippen LogP contribution in [0.2, 0.25) is 0 Å². The summed E-state index contributed by atoms with van der Waals surface area (Å²) in [6.45, 7) is 0. The van der Waals surface area contributed by atoms with Crippen molar-refractivity contribution < 1.29 is 7.46 Å². The van der Waals surface area contributed by atoms with E-state index in [9.17, 15) is 7.46 Å². The van der Waals surface area contributed by atoms with Crippen molar-refractivity contribution in [3.8, 4) is 0 Å². The van der Waals surface area contributed by atoms with Gasteiger partial charge in [0.25, 0.3) is 0 Å². The van der Waals surface area contributed by atoms with Crippen LogP contribution in [0.3, 0.4) is 0 Å². The molecular weight excluding hydrogens is 234 g/mol. The van der Waals surface area contributed by atoms with E-state index < -0.39 is 21.2 Å². The lowest BCUT2D eigenvalue weighted by Gasteiger charge is -1.85. The van der Waals surface area contributed by atoms with Crippen molar-refractivity contribution in [2.45, 2.75) is 0 Å². The first-order chi connectivity index (χ1) is 4.33. The van der Waals surface area contributed by atoms with Gasteiger partial charge in [-0.05, 0) is 24.3 Å². The second-order valence-corrected chi connectivity index (χ2v) is 3.20. The molecule has 3 heteroatoms. The lowest BCUT2D eigenvalue weighted by atomic mass is 10.4. The van der Waals surface area contributed by atoms with E-state index in [1.165, 1.54) is 24.3 Å². The van der Waals surface area contributed by atoms with Crippen LogP contribution in [-0.2, 0) is 3.07 Å². The fraction of sp³-hybridized carbons (Fsp3) is 0. The van der Waals surface area contributed by atoms with Crippen LogP contribution in [0.15, 0.2) is 24.3 Å². The van der Waals surface area contributed by atoms with Gasteiger partial charge in [0.15, 0.2) is 21.2 Å². The minimum atomic E-state index is -1.12. The summed E-state index contributed by atoms with van der Waals surface area (Å²) in [6, 6.07) is 5.70. The average molecular weight is 238 g/mol. The maximum atomic E-state index is 12.1. The zero-order chi connectivity index (χ0) is 6.69. The molecule has 0 aliphatic rings. The first-order valence-corrected chi connectivity index (χ1v) is 4.31. The Kier molecular flexibility index (Phi) is 2.27. The number of rotatable bonds is 1. The zero-order valence-electron chi connectivity index (χ0n) is 4.47. The molecule has 0 N–H and O–H groups in total. The average Bonchev–Trinajstić information content (AvgIpc) is 1.90. The molecular formula is C6H4FIO. The monoisotopic (exact) mass is 238 g/mol. The molecule has 0 unspecified atom stereocenters. The van der Waals surface area contributed by atoms with Crippen molar-refractivity contribution in [1.29, 1.82) is 0 Å². The summed E-state index contributed by atoms with van der Waals surface area (Å²) in [5.74, 6) is -0.281. The van der Waals surface area contributed by atoms with E-state index in [0.717, 1.165) is 3.57 Å². The van der Waals surface area contributed by atoms with Crippen molar-refractivity contribution in [2.24, 2.45) is 0 Å². The number of halogens is 2. The molecule has 0 saturated heterocycles. The van der Waals surface area contributed by atoms with Gasteiger partial charge in [0, 0.05) is 3.57 Å². The van der Waals surface area contributed by atoms with Crippen LogP contribution in [0.4, 0.5) is 4.39 Å². The number of hydrogen-bond donors (Lipinski definition) is 0. The Morgan fingerprint density at radius 3 is 2.22 bits per heavy atom. The Morgan fingerprint density at radius 1 is 1.22 bits per heavy atom. The van der Waals surface area contributed by atoms with E-state index >= 15 is 0 Å². The van der Waals surface area contributed by atoms with E-state index in [1.807, 2.05) is 0 Å². The molecule has 1 aromatic rings. The van der Waals surface area contributed by atoms with Gasteiger partial charge in [-0.25, -0.2) is 4.39 Å². The molecule has 0 radical (unpaired) electrons. The first-order valence-electron chi connectivity index (χ1n) is 2.35. The summed E-state index contributed by atoms with van der Waals surface area (Å²) in [5, 5.41) is 0. The van der Waals surface area contributed by atoms with Crippen LogP contribution < -0.4 is 0 Å². The van der Waals surface area contributed by atoms with E-state index in [2.05, 4.69) is 0 Å². The predicted octanol–water partition coefficient (Wildman–Crippen LogP) is 2.31. The molecule has 9 heavy (non-hydrogen) atoms. The predicted molar refractivity (Wildman–Crippen MR) is 39.8 cm³/mol. The molecule has 48 valence electrons. The van der Waals surface area contributed by atoms with Crippen molar-refractivity contribution in [2.75, 3.05) is 0 Å². The van der Waals surface area contributed by atoms with E-state index in [-0.39, 0.29) is 5.82 Å². The van der Waals surface area contributed by atoms with Crippen molar-refractivity contribution in [1.82, 2.24) is 0 Å². The quantitative estimate of drug-likeness (QED) is 0.686. The summed E-state index contributed by atoms with van der Waals surface area (Å²) in [4.78, 5) is 0. The van der Waals surface area contributed by atoms with Gasteiger partial charge in [0.2, 0.25) is 0 Å². The Hall–Kier alpha value is -0.320. The number of benzene rings is 1. The molecule has 0 fully saturated rings. The topological polar surface area (TPSA) is 17.1 Å². The first kappa shape index (κ1) is 6.80. The highest BCUT2D eigenvalue weighted by atomic mass is 127. The van der Waals surface area contributed by atoms with Crippen molar-refractivity contribution in [3.05, 3.63) is 33.7 Å². The van der Waals surface area contributed by atoms with Crippen LogP contribution in [-0.4, -0.2) is 0 Å². The van der Waals surface area contributed by atoms with Gasteiger partial charge in [0.1, 0.15) is 5.82 Å². The van der Waals surface area contributed by atoms with Crippen LogP contribution in [0, 0.1) is 9.39 Å². The molecule has 0 amide bonds. The molecule has 0 aliphatic carbocycles. The SMILES string of the molecule is O=Ic1ccc(F)cc1. The summed E-state index contributed by atoms with van der Waals surface area (Å²) >= 11 is -1.12. The smallest absolute Gasteiger partial charge is 0.182 e. The molecule has 1 rings (SSSR count). The molecule has 0 aliphatic heterocycles. The normalized spacial score (nSPS) is 9.44. The van der Waals surface area contributed by atoms with Gasteiger partial charge in [-0.15, -0.1) is 0 Å². The van der Waals surface area contributed by atoms with E-state index in [1.54, 1.807) is 0 Å². The largest absolute Gasteiger partial charge is 0.265 e. The van der Waals surface area contributed by atoms with Crippen molar-refractivity contribution in [3.63, 3.8) is 0 Å². The molecule has 0 spiro atoms. The summed E-state index contributed by atoms with van der Waals surface area (Å²) < 4.78 is 23.1. The third kappa shape index (κ3) is 1.82. The highest BCUT2D eigenvalue weighted by molar-refractivity contribution is 14.1. The van der Waals surface area contributed by atoms with Gasteiger partial charge >= 0.3 is 0 Å². The zero-order valence-corrected chi connectivity index (χ0v) is 6.63. The van der Waals surface area contributed by atoms with Gasteiger partial charge in [-0.3, -0.25) is 3.07 Å². The summed E-state index contributed by atoms with van der Waals surface area (Å²) in [7, 11) is 0. The second-order valence-electron chi connectivity index (χ2n) is 1.51. The van der Waals surface area contributed by atoms with Crippen LogP contribution >= 0.6 is 21.2 Å². The summed E-state index contributed by atoms with van der Waals surface area (Å²) in [5.41, 5.74) is 0. The molecule has 0 aromatic heterocycles. The highest BCUT2D eigenvalue weighted by Gasteiger charge is 1.89. The van der Waals surface area contributed by atoms with Gasteiger partial charge in [-0.1, -0.05) is 0 Å². The molecule has 1 nitrogen and oxygen atoms in total. The standard InChI is InChI=1S/C6H4FIO/c7-5-1-3-6(8-9)4-2-5/h1-4H. The van der Waals surface area contributed by atoms with Crippen molar-refractivity contribution >= 4 is 21.2 Å². The van der Waals surface area contributed by atoms with Crippen LogP contribution in [0.1, 0.15) is 0 Å². The molecule has 0 saturated carbocycles. The van der Waals surface area contributed by atoms with Gasteiger partial charge < -0.3 is 0 Å². The third-order valence-electron chi connectivity index (χ3n) is 0.893. The number of hydrogen-bond acceptors (Lipinski definition) is 1. The van der Waals surface area contributed by atoms with Crippen LogP contribution in [0.25, 0.3) is 0 Å². The fourth-order valence-electron chi connectivity index (χ4n) is 0.481. The Balaban J connectivity index is 3.01. The van der Waals surface area contributed by atoms with E-state index in [4.69, 9.17) is 0 Å². The second kappa shape index (κ2) is 3.00. The minimum Gasteiger partial charge on any atom is -0.265 e. The van der Waals surface area contributed by atoms with Gasteiger partial charge in [-0.2, -0.15) is 0 Å². The maximum absolute atomic E-state index is 12.1. The van der Waals surface area contributed by atoms with Crippen LogP contribution in [0.5, 0.6) is 0 Å². The van der Waals surface area contributed by atoms with E-state index in [0.29, 0.717) is 0 Å². The maximum Gasteiger partial charge on any atom is 0.182 e. The minimum absolute atomic E-state index is 0.281. The third-order valence-corrected chi connectivity index (χ3v) is 2.12. The Bertz CT molecular complexity index is 207. The summed E-state index contributed by atoms with van der Waals surface area (Å²) in [6.07, 6.45) is 0. The highest BCUT2D eigenvalue weighted by Crippen LogP contribution is 2.09. The molecule has 0 bridgehead atoms. The fourth-order valence-corrected chi connectivity index (χ4v) is 1.13. The Morgan fingerprint density at radius 2 is 1.78 bits per heavy atom. The Labute approximate surface area is 62.5 Å².